The fourth-order valence-corrected chi connectivity index (χ4v) is 2.61. The highest BCUT2D eigenvalue weighted by molar-refractivity contribution is 7.00. The van der Waals surface area contributed by atoms with Gasteiger partial charge in [0, 0.05) is 5.56 Å². The summed E-state index contributed by atoms with van der Waals surface area (Å²) in [5.41, 5.74) is 3.62. The Morgan fingerprint density at radius 3 is 2.52 bits per heavy atom. The Hall–Kier alpha value is -3.02. The number of hydrogen-bond donors (Lipinski definition) is 0. The third kappa shape index (κ3) is 2.38. The molecule has 1 aromatic heterocycles. The van der Waals surface area contributed by atoms with Crippen molar-refractivity contribution in [1.29, 1.82) is 10.5 Å². The molecule has 0 saturated carbocycles. The van der Waals surface area contributed by atoms with E-state index in [1.165, 1.54) is 0 Å². The third-order valence-corrected chi connectivity index (χ3v) is 3.61. The van der Waals surface area contributed by atoms with Crippen molar-refractivity contribution >= 4 is 34.9 Å². The van der Waals surface area contributed by atoms with Gasteiger partial charge in [0.15, 0.2) is 0 Å². The molecule has 0 aliphatic heterocycles. The van der Waals surface area contributed by atoms with Gasteiger partial charge in [0.2, 0.25) is 0 Å². The highest BCUT2D eigenvalue weighted by Crippen LogP contribution is 2.26. The lowest BCUT2D eigenvalue weighted by atomic mass is 9.99. The van der Waals surface area contributed by atoms with E-state index >= 15 is 0 Å². The highest BCUT2D eigenvalue weighted by atomic mass is 32.1. The van der Waals surface area contributed by atoms with E-state index in [0.29, 0.717) is 27.7 Å². The first-order chi connectivity index (χ1) is 10.3. The van der Waals surface area contributed by atoms with E-state index in [4.69, 9.17) is 0 Å². The monoisotopic (exact) mass is 288 g/mol. The quantitative estimate of drug-likeness (QED) is 0.675. The molecule has 0 radical (unpaired) electrons. The minimum Gasteiger partial charge on any atom is -0.192 e. The molecule has 2 aromatic carbocycles. The van der Waals surface area contributed by atoms with E-state index in [2.05, 4.69) is 14.8 Å². The average molecular weight is 288 g/mol. The van der Waals surface area contributed by atoms with Crippen LogP contribution in [0.4, 0.5) is 0 Å². The highest BCUT2D eigenvalue weighted by Gasteiger charge is 2.14. The van der Waals surface area contributed by atoms with Gasteiger partial charge in [-0.05, 0) is 11.6 Å². The number of benzene rings is 2. The van der Waals surface area contributed by atoms with Crippen molar-refractivity contribution in [2.24, 2.45) is 0 Å². The lowest BCUT2D eigenvalue weighted by Crippen LogP contribution is -1.91. The van der Waals surface area contributed by atoms with Crippen LogP contribution in [0.3, 0.4) is 0 Å². The molecule has 5 heteroatoms. The van der Waals surface area contributed by atoms with Crippen LogP contribution in [0.1, 0.15) is 22.3 Å². The van der Waals surface area contributed by atoms with Crippen molar-refractivity contribution < 1.29 is 0 Å². The molecule has 0 unspecified atom stereocenters. The molecule has 98 valence electrons. The van der Waals surface area contributed by atoms with E-state index in [0.717, 1.165) is 17.3 Å². The summed E-state index contributed by atoms with van der Waals surface area (Å²) in [6.45, 7) is 0. The molecular weight excluding hydrogens is 280 g/mol. The van der Waals surface area contributed by atoms with Gasteiger partial charge in [-0.1, -0.05) is 42.5 Å². The first kappa shape index (κ1) is 13.0. The zero-order valence-corrected chi connectivity index (χ0v) is 11.6. The molecule has 0 spiro atoms. The maximum Gasteiger partial charge on any atom is 0.113 e. The van der Waals surface area contributed by atoms with Crippen molar-refractivity contribution in [3.05, 3.63) is 58.7 Å². The van der Waals surface area contributed by atoms with Crippen LogP contribution in [-0.2, 0) is 0 Å². The Morgan fingerprint density at radius 2 is 1.81 bits per heavy atom. The molecule has 3 rings (SSSR count). The molecule has 0 N–H and O–H groups in total. The minimum atomic E-state index is 0.324. The molecule has 0 atom stereocenters. The van der Waals surface area contributed by atoms with E-state index in [1.54, 1.807) is 6.07 Å². The summed E-state index contributed by atoms with van der Waals surface area (Å²) in [5.74, 6) is 0. The van der Waals surface area contributed by atoms with E-state index in [9.17, 15) is 10.5 Å². The molecule has 0 saturated heterocycles. The molecule has 4 nitrogen and oxygen atoms in total. The summed E-state index contributed by atoms with van der Waals surface area (Å²) in [4.78, 5) is 0. The summed E-state index contributed by atoms with van der Waals surface area (Å²) in [6.07, 6.45) is 3.72. The number of aromatic nitrogens is 2. The maximum atomic E-state index is 9.34. The summed E-state index contributed by atoms with van der Waals surface area (Å²) in [6, 6.07) is 15.5. The summed E-state index contributed by atoms with van der Waals surface area (Å²) >= 11 is 1.07. The third-order valence-electron chi connectivity index (χ3n) is 3.06. The van der Waals surface area contributed by atoms with Gasteiger partial charge in [-0.15, -0.1) is 0 Å². The van der Waals surface area contributed by atoms with Gasteiger partial charge < -0.3 is 0 Å². The molecule has 0 amide bonds. The largest absolute Gasteiger partial charge is 0.192 e. The smallest absolute Gasteiger partial charge is 0.113 e. The second-order valence-electron chi connectivity index (χ2n) is 4.31. The second kappa shape index (κ2) is 5.54. The van der Waals surface area contributed by atoms with Crippen LogP contribution >= 0.6 is 11.7 Å². The molecule has 0 aliphatic rings. The van der Waals surface area contributed by atoms with Gasteiger partial charge in [0.1, 0.15) is 23.2 Å². The number of nitrogens with zero attached hydrogens (tertiary/aromatic N) is 4. The van der Waals surface area contributed by atoms with Crippen LogP contribution in [-0.4, -0.2) is 8.75 Å². The zero-order valence-electron chi connectivity index (χ0n) is 10.8. The van der Waals surface area contributed by atoms with Gasteiger partial charge in [0.05, 0.1) is 22.9 Å². The van der Waals surface area contributed by atoms with Crippen LogP contribution in [0, 0.1) is 22.7 Å². The average Bonchev–Trinajstić information content (AvgIpc) is 3.00. The molecule has 0 fully saturated rings. The van der Waals surface area contributed by atoms with Gasteiger partial charge in [-0.25, -0.2) is 0 Å². The predicted octanol–water partition coefficient (Wildman–Crippen LogP) is 3.61. The van der Waals surface area contributed by atoms with Crippen molar-refractivity contribution in [2.45, 2.75) is 0 Å². The second-order valence-corrected chi connectivity index (χ2v) is 4.84. The fourth-order valence-electron chi connectivity index (χ4n) is 2.06. The number of nitriles is 2. The number of hydrogen-bond acceptors (Lipinski definition) is 5. The van der Waals surface area contributed by atoms with Crippen LogP contribution < -0.4 is 0 Å². The Labute approximate surface area is 125 Å². The first-order valence-corrected chi connectivity index (χ1v) is 6.89. The molecule has 3 aromatic rings. The lowest BCUT2D eigenvalue weighted by molar-refractivity contribution is 1.43. The molecule has 21 heavy (non-hydrogen) atoms. The van der Waals surface area contributed by atoms with Gasteiger partial charge in [0.25, 0.3) is 0 Å². The van der Waals surface area contributed by atoms with Crippen molar-refractivity contribution in [2.75, 3.05) is 0 Å². The first-order valence-electron chi connectivity index (χ1n) is 6.16. The van der Waals surface area contributed by atoms with Crippen molar-refractivity contribution in [3.8, 4) is 12.1 Å². The summed E-state index contributed by atoms with van der Waals surface area (Å²) < 4.78 is 8.39. The number of rotatable bonds is 2. The SMILES string of the molecule is N#Cc1cc2nsnc2c(/C=C/c2ccccc2)c1C#N. The Balaban J connectivity index is 2.21. The van der Waals surface area contributed by atoms with Crippen LogP contribution in [0.5, 0.6) is 0 Å². The van der Waals surface area contributed by atoms with Crippen molar-refractivity contribution in [1.82, 2.24) is 8.75 Å². The maximum absolute atomic E-state index is 9.34. The van der Waals surface area contributed by atoms with Crippen LogP contribution in [0.15, 0.2) is 36.4 Å². The van der Waals surface area contributed by atoms with Gasteiger partial charge >= 0.3 is 0 Å². The van der Waals surface area contributed by atoms with Crippen LogP contribution in [0.2, 0.25) is 0 Å². The van der Waals surface area contributed by atoms with Gasteiger partial charge in [-0.2, -0.15) is 19.3 Å². The zero-order chi connectivity index (χ0) is 14.7. The molecule has 0 bridgehead atoms. The van der Waals surface area contributed by atoms with E-state index < -0.39 is 0 Å². The molecular formula is C16H8N4S. The Bertz CT molecular complexity index is 911. The lowest BCUT2D eigenvalue weighted by Gasteiger charge is -2.01. The van der Waals surface area contributed by atoms with E-state index in [-0.39, 0.29) is 0 Å². The minimum absolute atomic E-state index is 0.324. The topological polar surface area (TPSA) is 73.4 Å². The Morgan fingerprint density at radius 1 is 1.00 bits per heavy atom. The predicted molar refractivity (Wildman–Crippen MR) is 82.2 cm³/mol. The normalized spacial score (nSPS) is 10.6. The Kier molecular flexibility index (Phi) is 3.42. The number of fused-ring (bicyclic) bond motifs is 1. The fraction of sp³-hybridized carbons (Fsp3) is 0. The summed E-state index contributed by atoms with van der Waals surface area (Å²) in [5, 5.41) is 18.5. The summed E-state index contributed by atoms with van der Waals surface area (Å²) in [7, 11) is 0. The van der Waals surface area contributed by atoms with Crippen LogP contribution in [0.25, 0.3) is 23.2 Å². The molecule has 1 heterocycles. The van der Waals surface area contributed by atoms with Crippen molar-refractivity contribution in [3.63, 3.8) is 0 Å². The van der Waals surface area contributed by atoms with Gasteiger partial charge in [-0.3, -0.25) is 0 Å². The standard InChI is InChI=1S/C16H8N4S/c17-9-12-8-15-16(20-21-19-15)13(14(12)10-18)7-6-11-4-2-1-3-5-11/h1-8H/b7-6+. The molecule has 0 aliphatic carbocycles. The van der Waals surface area contributed by atoms with E-state index in [1.807, 2.05) is 48.6 Å².